The molecular formula is C17H14N2O2. The predicted molar refractivity (Wildman–Crippen MR) is 80.0 cm³/mol. The van der Waals surface area contributed by atoms with Gasteiger partial charge in [0, 0.05) is 11.8 Å². The minimum Gasteiger partial charge on any atom is -0.368 e. The van der Waals surface area contributed by atoms with Crippen LogP contribution in [0.2, 0.25) is 0 Å². The Labute approximate surface area is 122 Å². The number of benzene rings is 2. The molecule has 3 rings (SSSR count). The van der Waals surface area contributed by atoms with Crippen molar-refractivity contribution in [1.29, 1.82) is 0 Å². The van der Waals surface area contributed by atoms with Crippen LogP contribution in [0.25, 0.3) is 6.08 Å². The third-order valence-corrected chi connectivity index (χ3v) is 3.51. The quantitative estimate of drug-likeness (QED) is 0.916. The van der Waals surface area contributed by atoms with Crippen molar-refractivity contribution in [2.45, 2.75) is 6.04 Å². The van der Waals surface area contributed by atoms with Crippen LogP contribution in [0.5, 0.6) is 0 Å². The highest BCUT2D eigenvalue weighted by Gasteiger charge is 2.32. The number of nitrogens with two attached hydrogens (primary N) is 1. The van der Waals surface area contributed by atoms with Crippen LogP contribution in [0.4, 0.5) is 0 Å². The molecule has 0 aliphatic carbocycles. The van der Waals surface area contributed by atoms with Gasteiger partial charge in [-0.25, -0.2) is 0 Å². The van der Waals surface area contributed by atoms with Gasteiger partial charge >= 0.3 is 0 Å². The van der Waals surface area contributed by atoms with E-state index in [4.69, 9.17) is 5.73 Å². The average molecular weight is 278 g/mol. The Morgan fingerprint density at radius 2 is 1.62 bits per heavy atom. The number of fused-ring (bicyclic) bond motifs is 1. The number of nitrogens with zero attached hydrogens (tertiary/aromatic N) is 1. The van der Waals surface area contributed by atoms with Gasteiger partial charge in [-0.2, -0.15) is 0 Å². The largest absolute Gasteiger partial charge is 0.368 e. The summed E-state index contributed by atoms with van der Waals surface area (Å²) in [5.41, 5.74) is 7.69. The van der Waals surface area contributed by atoms with Crippen molar-refractivity contribution in [1.82, 2.24) is 4.90 Å². The molecule has 0 spiro atoms. The third kappa shape index (κ3) is 2.31. The maximum atomic E-state index is 12.6. The molecule has 0 bridgehead atoms. The van der Waals surface area contributed by atoms with E-state index in [0.717, 1.165) is 11.1 Å². The lowest BCUT2D eigenvalue weighted by atomic mass is 9.95. The monoisotopic (exact) mass is 278 g/mol. The van der Waals surface area contributed by atoms with E-state index in [9.17, 15) is 9.59 Å². The zero-order valence-electron chi connectivity index (χ0n) is 11.3. The molecule has 0 saturated carbocycles. The SMILES string of the molecule is NC(=O)[C@@H]1c2ccccc2C=CN1C(=O)c1ccccc1. The van der Waals surface area contributed by atoms with E-state index in [0.29, 0.717) is 5.56 Å². The van der Waals surface area contributed by atoms with Gasteiger partial charge in [0.05, 0.1) is 0 Å². The van der Waals surface area contributed by atoms with Crippen molar-refractivity contribution in [3.63, 3.8) is 0 Å². The first-order valence-corrected chi connectivity index (χ1v) is 6.62. The van der Waals surface area contributed by atoms with Gasteiger partial charge in [0.2, 0.25) is 5.91 Å². The summed E-state index contributed by atoms with van der Waals surface area (Å²) in [6, 6.07) is 15.5. The van der Waals surface area contributed by atoms with Crippen molar-refractivity contribution < 1.29 is 9.59 Å². The Morgan fingerprint density at radius 1 is 0.952 bits per heavy atom. The molecule has 0 saturated heterocycles. The molecule has 2 amide bonds. The second-order valence-corrected chi connectivity index (χ2v) is 4.83. The zero-order chi connectivity index (χ0) is 14.8. The molecule has 4 heteroatoms. The van der Waals surface area contributed by atoms with Gasteiger partial charge in [-0.1, -0.05) is 42.5 Å². The first kappa shape index (κ1) is 13.1. The number of carbonyl (C=O) groups is 2. The highest BCUT2D eigenvalue weighted by Crippen LogP contribution is 2.31. The Morgan fingerprint density at radius 3 is 2.33 bits per heavy atom. The number of amides is 2. The van der Waals surface area contributed by atoms with Gasteiger partial charge in [-0.05, 0) is 29.3 Å². The van der Waals surface area contributed by atoms with Gasteiger partial charge in [0.15, 0.2) is 0 Å². The standard InChI is InChI=1S/C17H14N2O2/c18-16(20)15-14-9-5-4-6-12(14)10-11-19(15)17(21)13-7-2-1-3-8-13/h1-11,15H,(H2,18,20)/t15-/m0/s1. The molecule has 4 nitrogen and oxygen atoms in total. The van der Waals surface area contributed by atoms with Crippen molar-refractivity contribution in [2.75, 3.05) is 0 Å². The number of primary amides is 1. The van der Waals surface area contributed by atoms with E-state index in [1.807, 2.05) is 36.4 Å². The Hall–Kier alpha value is -2.88. The van der Waals surface area contributed by atoms with Gasteiger partial charge in [-0.3, -0.25) is 14.5 Å². The van der Waals surface area contributed by atoms with Crippen molar-refractivity contribution in [2.24, 2.45) is 5.73 Å². The number of hydrogen-bond acceptors (Lipinski definition) is 2. The van der Waals surface area contributed by atoms with Crippen molar-refractivity contribution >= 4 is 17.9 Å². The fourth-order valence-corrected chi connectivity index (χ4v) is 2.51. The topological polar surface area (TPSA) is 63.4 Å². The summed E-state index contributed by atoms with van der Waals surface area (Å²) in [6.07, 6.45) is 3.43. The molecule has 0 fully saturated rings. The smallest absolute Gasteiger partial charge is 0.258 e. The van der Waals surface area contributed by atoms with Gasteiger partial charge in [0.1, 0.15) is 6.04 Å². The predicted octanol–water partition coefficient (Wildman–Crippen LogP) is 2.34. The lowest BCUT2D eigenvalue weighted by molar-refractivity contribution is -0.122. The van der Waals surface area contributed by atoms with Crippen LogP contribution in [0, 0.1) is 0 Å². The van der Waals surface area contributed by atoms with Crippen LogP contribution in [0.15, 0.2) is 60.8 Å². The number of carbonyl (C=O) groups excluding carboxylic acids is 2. The molecule has 0 radical (unpaired) electrons. The molecule has 2 N–H and O–H groups in total. The highest BCUT2D eigenvalue weighted by molar-refractivity contribution is 5.99. The maximum absolute atomic E-state index is 12.6. The number of rotatable bonds is 2. The normalized spacial score (nSPS) is 16.4. The van der Waals surface area contributed by atoms with Gasteiger partial charge in [0.25, 0.3) is 5.91 Å². The van der Waals surface area contributed by atoms with Crippen molar-refractivity contribution in [3.8, 4) is 0 Å². The lowest BCUT2D eigenvalue weighted by Gasteiger charge is -2.31. The summed E-state index contributed by atoms with van der Waals surface area (Å²) in [5, 5.41) is 0. The van der Waals surface area contributed by atoms with Crippen LogP contribution in [-0.2, 0) is 4.79 Å². The summed E-state index contributed by atoms with van der Waals surface area (Å²) in [4.78, 5) is 25.8. The van der Waals surface area contributed by atoms with E-state index >= 15 is 0 Å². The van der Waals surface area contributed by atoms with E-state index in [2.05, 4.69) is 0 Å². The minimum atomic E-state index is -0.779. The molecule has 104 valence electrons. The lowest BCUT2D eigenvalue weighted by Crippen LogP contribution is -2.40. The molecule has 2 aromatic carbocycles. The van der Waals surface area contributed by atoms with Crippen LogP contribution < -0.4 is 5.73 Å². The Balaban J connectivity index is 2.04. The average Bonchev–Trinajstić information content (AvgIpc) is 2.53. The maximum Gasteiger partial charge on any atom is 0.258 e. The number of hydrogen-bond donors (Lipinski definition) is 1. The van der Waals surface area contributed by atoms with Crippen LogP contribution in [-0.4, -0.2) is 16.7 Å². The molecule has 1 aliphatic rings. The molecule has 0 unspecified atom stereocenters. The first-order valence-electron chi connectivity index (χ1n) is 6.62. The second-order valence-electron chi connectivity index (χ2n) is 4.83. The Bertz CT molecular complexity index is 723. The molecule has 0 aromatic heterocycles. The van der Waals surface area contributed by atoms with E-state index in [1.165, 1.54) is 4.90 Å². The molecule has 21 heavy (non-hydrogen) atoms. The summed E-state index contributed by atoms with van der Waals surface area (Å²) in [5.74, 6) is -0.791. The first-order chi connectivity index (χ1) is 10.2. The summed E-state index contributed by atoms with van der Waals surface area (Å²) in [7, 11) is 0. The molecular weight excluding hydrogens is 264 g/mol. The summed E-state index contributed by atoms with van der Waals surface area (Å²) in [6.45, 7) is 0. The third-order valence-electron chi connectivity index (χ3n) is 3.51. The molecule has 1 heterocycles. The van der Waals surface area contributed by atoms with Crippen LogP contribution >= 0.6 is 0 Å². The van der Waals surface area contributed by atoms with Crippen molar-refractivity contribution in [3.05, 3.63) is 77.5 Å². The Kier molecular flexibility index (Phi) is 3.28. The molecule has 1 atom stereocenters. The second kappa shape index (κ2) is 5.25. The van der Waals surface area contributed by atoms with Crippen LogP contribution in [0.3, 0.4) is 0 Å². The van der Waals surface area contributed by atoms with Crippen LogP contribution in [0.1, 0.15) is 27.5 Å². The minimum absolute atomic E-state index is 0.245. The van der Waals surface area contributed by atoms with Gasteiger partial charge in [-0.15, -0.1) is 0 Å². The van der Waals surface area contributed by atoms with Gasteiger partial charge < -0.3 is 5.73 Å². The summed E-state index contributed by atoms with van der Waals surface area (Å²) < 4.78 is 0. The van der Waals surface area contributed by atoms with E-state index < -0.39 is 11.9 Å². The fraction of sp³-hybridized carbons (Fsp3) is 0.0588. The van der Waals surface area contributed by atoms with E-state index in [1.54, 1.807) is 30.5 Å². The fourth-order valence-electron chi connectivity index (χ4n) is 2.51. The highest BCUT2D eigenvalue weighted by atomic mass is 16.2. The molecule has 1 aliphatic heterocycles. The molecule has 2 aromatic rings. The van der Waals surface area contributed by atoms with E-state index in [-0.39, 0.29) is 5.91 Å². The summed E-state index contributed by atoms with van der Waals surface area (Å²) >= 11 is 0. The zero-order valence-corrected chi connectivity index (χ0v) is 11.3.